The molecule has 0 radical (unpaired) electrons. The number of aliphatic hydroxyl groups excluding tert-OH is 1. The summed E-state index contributed by atoms with van der Waals surface area (Å²) >= 11 is 0. The van der Waals surface area contributed by atoms with Crippen molar-refractivity contribution < 1.29 is 27.8 Å². The van der Waals surface area contributed by atoms with E-state index in [1.807, 2.05) is 85.8 Å². The van der Waals surface area contributed by atoms with E-state index in [0.29, 0.717) is 5.69 Å². The molecule has 2 aliphatic heterocycles. The number of rotatable bonds is 14. The fourth-order valence-electron chi connectivity index (χ4n) is 7.56. The Balaban J connectivity index is 1.08. The van der Waals surface area contributed by atoms with Crippen LogP contribution in [0.2, 0.25) is 0 Å². The molecular formula is C46H52N4O6S. The standard InChI is InChI=1S/C46H52N4O6S/c1-33-16-22-41(23-17-33)57(53,54)48-42(28-35-10-5-3-6-11-35)45(52)47-40-15-9-14-39(29-40)46-55-43(34(2)44(56-46)38-20-18-37(32-51)19-21-38)31-50-26-24-49(25-27-50)30-36-12-7-4-8-13-36/h3-23,29,34,42-44,46,48,51H,24-28,30-32H2,1-2H3,(H,47,52)/t34-,42+,43+,44+,46+/m0/s1. The van der Waals surface area contributed by atoms with Gasteiger partial charge in [-0.1, -0.05) is 122 Å². The lowest BCUT2D eigenvalue weighted by atomic mass is 9.90. The maximum absolute atomic E-state index is 14.0. The number of benzene rings is 5. The summed E-state index contributed by atoms with van der Waals surface area (Å²) in [5, 5.41) is 12.7. The number of hydrogen-bond donors (Lipinski definition) is 3. The van der Waals surface area contributed by atoms with Crippen molar-refractivity contribution in [3.05, 3.63) is 167 Å². The molecule has 2 fully saturated rings. The Labute approximate surface area is 336 Å². The normalized spacial score (nSPS) is 21.2. The molecule has 1 amide bonds. The first-order valence-corrected chi connectivity index (χ1v) is 21.1. The second kappa shape index (κ2) is 18.7. The Hall–Kier alpha value is -4.72. The Morgan fingerprint density at radius 1 is 0.754 bits per heavy atom. The second-order valence-electron chi connectivity index (χ2n) is 15.2. The molecule has 0 spiro atoms. The minimum absolute atomic E-state index is 0.0201. The van der Waals surface area contributed by atoms with E-state index in [1.54, 1.807) is 18.2 Å². The smallest absolute Gasteiger partial charge is 0.242 e. The van der Waals surface area contributed by atoms with Crippen LogP contribution in [0.15, 0.2) is 138 Å². The average Bonchev–Trinajstić information content (AvgIpc) is 3.23. The molecule has 10 nitrogen and oxygen atoms in total. The van der Waals surface area contributed by atoms with Crippen molar-refractivity contribution in [1.29, 1.82) is 0 Å². The summed E-state index contributed by atoms with van der Waals surface area (Å²) in [6, 6.07) is 40.6. The van der Waals surface area contributed by atoms with Gasteiger partial charge in [-0.05, 0) is 59.9 Å². The predicted molar refractivity (Wildman–Crippen MR) is 222 cm³/mol. The number of anilines is 1. The maximum Gasteiger partial charge on any atom is 0.242 e. The number of ether oxygens (including phenoxy) is 2. The molecule has 2 heterocycles. The van der Waals surface area contributed by atoms with Crippen LogP contribution in [0.3, 0.4) is 0 Å². The molecule has 5 aromatic carbocycles. The van der Waals surface area contributed by atoms with E-state index < -0.39 is 28.3 Å². The number of hydrogen-bond acceptors (Lipinski definition) is 8. The topological polar surface area (TPSA) is 120 Å². The van der Waals surface area contributed by atoms with Crippen molar-refractivity contribution in [1.82, 2.24) is 14.5 Å². The molecule has 11 heteroatoms. The third-order valence-corrected chi connectivity index (χ3v) is 12.4. The van der Waals surface area contributed by atoms with Gasteiger partial charge in [0.15, 0.2) is 6.29 Å². The zero-order valence-electron chi connectivity index (χ0n) is 32.5. The molecule has 298 valence electrons. The number of piperazine rings is 1. The highest BCUT2D eigenvalue weighted by molar-refractivity contribution is 7.89. The van der Waals surface area contributed by atoms with Gasteiger partial charge in [0.2, 0.25) is 15.9 Å². The molecule has 0 aromatic heterocycles. The molecule has 0 bridgehead atoms. The summed E-state index contributed by atoms with van der Waals surface area (Å²) in [5.74, 6) is -0.469. The summed E-state index contributed by atoms with van der Waals surface area (Å²) < 4.78 is 43.2. The SMILES string of the molecule is Cc1ccc(S(=O)(=O)N[C@H](Cc2ccccc2)C(=O)Nc2cccc([C@@H]3O[C@H](CN4CCN(Cc5ccccc5)CC4)[C@H](C)[C@H](c4ccc(CO)cc4)O3)c2)cc1. The quantitative estimate of drug-likeness (QED) is 0.115. The molecule has 57 heavy (non-hydrogen) atoms. The van der Waals surface area contributed by atoms with E-state index in [0.717, 1.165) is 67.1 Å². The fourth-order valence-corrected chi connectivity index (χ4v) is 8.75. The predicted octanol–water partition coefficient (Wildman–Crippen LogP) is 6.62. The summed E-state index contributed by atoms with van der Waals surface area (Å²) in [6.45, 7) is 9.49. The van der Waals surface area contributed by atoms with Crippen LogP contribution in [0.1, 0.15) is 52.7 Å². The van der Waals surface area contributed by atoms with Gasteiger partial charge in [0, 0.05) is 56.4 Å². The van der Waals surface area contributed by atoms with Crippen LogP contribution in [0.5, 0.6) is 0 Å². The zero-order chi connectivity index (χ0) is 39.8. The number of amides is 1. The van der Waals surface area contributed by atoms with Crippen LogP contribution in [0.4, 0.5) is 5.69 Å². The van der Waals surface area contributed by atoms with E-state index in [-0.39, 0.29) is 36.0 Å². The van der Waals surface area contributed by atoms with Crippen LogP contribution in [-0.2, 0) is 43.9 Å². The summed E-state index contributed by atoms with van der Waals surface area (Å²) in [4.78, 5) is 19.0. The molecule has 7 rings (SSSR count). The largest absolute Gasteiger partial charge is 0.392 e. The minimum Gasteiger partial charge on any atom is -0.392 e. The van der Waals surface area contributed by atoms with E-state index >= 15 is 0 Å². The van der Waals surface area contributed by atoms with Crippen molar-refractivity contribution in [2.75, 3.05) is 38.0 Å². The van der Waals surface area contributed by atoms with Gasteiger partial charge in [-0.3, -0.25) is 14.6 Å². The van der Waals surface area contributed by atoms with Crippen LogP contribution in [0.25, 0.3) is 0 Å². The second-order valence-corrected chi connectivity index (χ2v) is 16.9. The van der Waals surface area contributed by atoms with Crippen LogP contribution in [0, 0.1) is 12.8 Å². The van der Waals surface area contributed by atoms with Crippen LogP contribution in [-0.4, -0.2) is 74.1 Å². The molecule has 0 aliphatic carbocycles. The zero-order valence-corrected chi connectivity index (χ0v) is 33.4. The molecule has 2 aliphatic rings. The molecule has 0 unspecified atom stereocenters. The Bertz CT molecular complexity index is 2160. The maximum atomic E-state index is 14.0. The number of nitrogens with one attached hydrogen (secondary N) is 2. The van der Waals surface area contributed by atoms with Gasteiger partial charge in [-0.2, -0.15) is 4.72 Å². The number of sulfonamides is 1. The first kappa shape index (κ1) is 40.5. The fraction of sp³-hybridized carbons (Fsp3) is 0.326. The first-order valence-electron chi connectivity index (χ1n) is 19.7. The van der Waals surface area contributed by atoms with Gasteiger partial charge in [0.25, 0.3) is 0 Å². The molecule has 5 atom stereocenters. The van der Waals surface area contributed by atoms with E-state index in [9.17, 15) is 18.3 Å². The summed E-state index contributed by atoms with van der Waals surface area (Å²) in [7, 11) is -4.01. The van der Waals surface area contributed by atoms with Gasteiger partial charge in [-0.25, -0.2) is 8.42 Å². The lowest BCUT2D eigenvalue weighted by molar-refractivity contribution is -0.276. The first-order chi connectivity index (χ1) is 27.6. The van der Waals surface area contributed by atoms with Gasteiger partial charge >= 0.3 is 0 Å². The van der Waals surface area contributed by atoms with Crippen molar-refractivity contribution in [3.63, 3.8) is 0 Å². The molecule has 0 saturated carbocycles. The Kier molecular flexibility index (Phi) is 13.3. The van der Waals surface area contributed by atoms with E-state index in [4.69, 9.17) is 9.47 Å². The van der Waals surface area contributed by atoms with Crippen molar-refractivity contribution in [3.8, 4) is 0 Å². The van der Waals surface area contributed by atoms with Gasteiger partial charge in [-0.15, -0.1) is 0 Å². The number of aliphatic hydroxyl groups is 1. The molecular weight excluding hydrogens is 737 g/mol. The number of carbonyl (C=O) groups is 1. The van der Waals surface area contributed by atoms with E-state index in [2.05, 4.69) is 51.0 Å². The van der Waals surface area contributed by atoms with E-state index in [1.165, 1.54) is 17.7 Å². The third kappa shape index (κ3) is 10.6. The summed E-state index contributed by atoms with van der Waals surface area (Å²) in [5.41, 5.74) is 6.12. The highest BCUT2D eigenvalue weighted by Crippen LogP contribution is 2.42. The van der Waals surface area contributed by atoms with Crippen molar-refractivity contribution in [2.45, 2.75) is 62.9 Å². The Morgan fingerprint density at radius 3 is 2.07 bits per heavy atom. The third-order valence-electron chi connectivity index (χ3n) is 10.9. The highest BCUT2D eigenvalue weighted by Gasteiger charge is 2.39. The number of aryl methyl sites for hydroxylation is 1. The van der Waals surface area contributed by atoms with Gasteiger partial charge < -0.3 is 19.9 Å². The van der Waals surface area contributed by atoms with Crippen LogP contribution >= 0.6 is 0 Å². The van der Waals surface area contributed by atoms with Crippen molar-refractivity contribution >= 4 is 21.6 Å². The molecule has 3 N–H and O–H groups in total. The van der Waals surface area contributed by atoms with Crippen molar-refractivity contribution in [2.24, 2.45) is 5.92 Å². The monoisotopic (exact) mass is 788 g/mol. The number of nitrogens with zero attached hydrogens (tertiary/aromatic N) is 2. The minimum atomic E-state index is -4.01. The van der Waals surface area contributed by atoms with Gasteiger partial charge in [0.1, 0.15) is 6.04 Å². The summed E-state index contributed by atoms with van der Waals surface area (Å²) in [6.07, 6.45) is -1.02. The lowest BCUT2D eigenvalue weighted by Gasteiger charge is -2.44. The van der Waals surface area contributed by atoms with Crippen LogP contribution < -0.4 is 10.0 Å². The molecule has 5 aromatic rings. The number of carbonyl (C=O) groups excluding carboxylic acids is 1. The van der Waals surface area contributed by atoms with Gasteiger partial charge in [0.05, 0.1) is 23.7 Å². The Morgan fingerprint density at radius 2 is 1.40 bits per heavy atom. The molecule has 2 saturated heterocycles. The highest BCUT2D eigenvalue weighted by atomic mass is 32.2. The average molecular weight is 789 g/mol. The lowest BCUT2D eigenvalue weighted by Crippen LogP contribution is -2.51.